The number of nitrogens with one attached hydrogen (secondary N) is 1. The first kappa shape index (κ1) is 17.5. The summed E-state index contributed by atoms with van der Waals surface area (Å²) in [6.45, 7) is 2.58. The lowest BCUT2D eigenvalue weighted by molar-refractivity contribution is -0.147. The number of methoxy groups -OCH3 is 1. The number of benzene rings is 1. The van der Waals surface area contributed by atoms with Crippen LogP contribution in [0, 0.1) is 0 Å². The number of nitrogens with zero attached hydrogens (tertiary/aromatic N) is 2. The van der Waals surface area contributed by atoms with E-state index in [0.717, 1.165) is 38.1 Å². The second-order valence-corrected chi connectivity index (χ2v) is 7.29. The molecule has 1 aromatic carbocycles. The van der Waals surface area contributed by atoms with Gasteiger partial charge in [0.25, 0.3) is 0 Å². The summed E-state index contributed by atoms with van der Waals surface area (Å²) in [6, 6.07) is 7.41. The van der Waals surface area contributed by atoms with E-state index >= 15 is 0 Å². The molecule has 0 bridgehead atoms. The summed E-state index contributed by atoms with van der Waals surface area (Å²) in [5, 5.41) is 2.82. The molecule has 3 heterocycles. The van der Waals surface area contributed by atoms with Gasteiger partial charge >= 0.3 is 0 Å². The highest BCUT2D eigenvalue weighted by Crippen LogP contribution is 2.36. The van der Waals surface area contributed by atoms with E-state index in [4.69, 9.17) is 9.47 Å². The monoisotopic (exact) mass is 359 g/mol. The maximum Gasteiger partial charge on any atom is 0.244 e. The normalized spacial score (nSPS) is 28.9. The Morgan fingerprint density at radius 3 is 3.04 bits per heavy atom. The van der Waals surface area contributed by atoms with Crippen molar-refractivity contribution >= 4 is 23.2 Å². The molecule has 3 aliphatic heterocycles. The lowest BCUT2D eigenvalue weighted by Crippen LogP contribution is -2.59. The molecular weight excluding hydrogens is 334 g/mol. The van der Waals surface area contributed by atoms with Gasteiger partial charge in [0.05, 0.1) is 24.0 Å². The molecule has 2 fully saturated rings. The first-order chi connectivity index (χ1) is 12.6. The van der Waals surface area contributed by atoms with Crippen molar-refractivity contribution in [2.45, 2.75) is 31.0 Å². The molecule has 1 spiro atoms. The molecule has 1 aromatic rings. The van der Waals surface area contributed by atoms with Gasteiger partial charge in [0.1, 0.15) is 12.1 Å². The summed E-state index contributed by atoms with van der Waals surface area (Å²) >= 11 is 0. The Balaban J connectivity index is 1.48. The Labute approximate surface area is 153 Å². The summed E-state index contributed by atoms with van der Waals surface area (Å²) in [6.07, 6.45) is 2.92. The van der Waals surface area contributed by atoms with Crippen molar-refractivity contribution < 1.29 is 19.1 Å². The quantitative estimate of drug-likeness (QED) is 0.879. The topological polar surface area (TPSA) is 71.1 Å². The van der Waals surface area contributed by atoms with Crippen molar-refractivity contribution in [3.05, 3.63) is 24.3 Å². The fourth-order valence-electron chi connectivity index (χ4n) is 4.42. The smallest absolute Gasteiger partial charge is 0.244 e. The van der Waals surface area contributed by atoms with Crippen LogP contribution in [0.25, 0.3) is 0 Å². The average Bonchev–Trinajstić information content (AvgIpc) is 3.09. The van der Waals surface area contributed by atoms with E-state index in [-0.39, 0.29) is 36.6 Å². The zero-order chi connectivity index (χ0) is 18.1. The minimum absolute atomic E-state index is 0.0590. The van der Waals surface area contributed by atoms with Crippen LogP contribution in [0.3, 0.4) is 0 Å². The molecule has 3 aliphatic rings. The molecule has 0 aliphatic carbocycles. The van der Waals surface area contributed by atoms with E-state index in [0.29, 0.717) is 12.2 Å². The molecule has 0 aromatic heterocycles. The van der Waals surface area contributed by atoms with E-state index < -0.39 is 0 Å². The van der Waals surface area contributed by atoms with Gasteiger partial charge in [0.15, 0.2) is 0 Å². The minimum Gasteiger partial charge on any atom is -0.378 e. The predicted octanol–water partition coefficient (Wildman–Crippen LogP) is 1.24. The highest BCUT2D eigenvalue weighted by molar-refractivity contribution is 6.10. The highest BCUT2D eigenvalue weighted by atomic mass is 16.6. The van der Waals surface area contributed by atoms with Gasteiger partial charge in [-0.2, -0.15) is 0 Å². The Kier molecular flexibility index (Phi) is 4.69. The van der Waals surface area contributed by atoms with E-state index in [1.165, 1.54) is 0 Å². The maximum absolute atomic E-state index is 13.0. The largest absolute Gasteiger partial charge is 0.378 e. The molecule has 1 N–H and O–H groups in total. The van der Waals surface area contributed by atoms with Crippen LogP contribution in [-0.2, 0) is 19.1 Å². The van der Waals surface area contributed by atoms with Crippen LogP contribution >= 0.6 is 0 Å². The van der Waals surface area contributed by atoms with Crippen molar-refractivity contribution in [1.29, 1.82) is 0 Å². The SMILES string of the molecule is CO[C@H]1CCN(CC(=O)N2CC(=O)Nc3ccccc32)C[C@@]12CCCO2. The number of hydrogen-bond donors (Lipinski definition) is 1. The van der Waals surface area contributed by atoms with Gasteiger partial charge in [-0.25, -0.2) is 0 Å². The first-order valence-corrected chi connectivity index (χ1v) is 9.20. The molecule has 140 valence electrons. The number of ether oxygens (including phenoxy) is 2. The molecule has 2 amide bonds. The number of carbonyl (C=O) groups excluding carboxylic acids is 2. The fourth-order valence-corrected chi connectivity index (χ4v) is 4.42. The number of rotatable bonds is 3. The van der Waals surface area contributed by atoms with Gasteiger partial charge in [-0.15, -0.1) is 0 Å². The summed E-state index contributed by atoms with van der Waals surface area (Å²) in [7, 11) is 1.73. The van der Waals surface area contributed by atoms with Crippen molar-refractivity contribution in [3.8, 4) is 0 Å². The maximum atomic E-state index is 13.0. The molecular formula is C19H25N3O4. The van der Waals surface area contributed by atoms with Crippen molar-refractivity contribution in [1.82, 2.24) is 4.90 Å². The molecule has 2 saturated heterocycles. The van der Waals surface area contributed by atoms with Crippen LogP contribution < -0.4 is 10.2 Å². The predicted molar refractivity (Wildman–Crippen MR) is 97.2 cm³/mol. The second kappa shape index (κ2) is 6.98. The Bertz CT molecular complexity index is 702. The number of piperidine rings is 1. The minimum atomic E-state index is -0.301. The second-order valence-electron chi connectivity index (χ2n) is 7.29. The van der Waals surface area contributed by atoms with Crippen molar-refractivity contribution in [2.75, 3.05) is 50.1 Å². The lowest BCUT2D eigenvalue weighted by atomic mass is 9.87. The molecule has 0 saturated carbocycles. The Morgan fingerprint density at radius 1 is 1.42 bits per heavy atom. The third kappa shape index (κ3) is 3.11. The van der Waals surface area contributed by atoms with E-state index in [1.807, 2.05) is 24.3 Å². The average molecular weight is 359 g/mol. The van der Waals surface area contributed by atoms with Crippen LogP contribution in [0.4, 0.5) is 11.4 Å². The van der Waals surface area contributed by atoms with Gasteiger partial charge in [-0.1, -0.05) is 12.1 Å². The van der Waals surface area contributed by atoms with Gasteiger partial charge in [0.2, 0.25) is 11.8 Å². The van der Waals surface area contributed by atoms with Crippen LogP contribution in [0.15, 0.2) is 24.3 Å². The molecule has 0 radical (unpaired) electrons. The standard InChI is InChI=1S/C19H25N3O4/c1-25-16-7-9-21(13-19(16)8-4-10-26-19)12-18(24)22-11-17(23)20-14-5-2-3-6-15(14)22/h2-3,5-6,16H,4,7-13H2,1H3,(H,20,23)/t16-,19-/m0/s1. The molecule has 26 heavy (non-hydrogen) atoms. The fraction of sp³-hybridized carbons (Fsp3) is 0.579. The summed E-state index contributed by atoms with van der Waals surface area (Å²) < 4.78 is 11.7. The molecule has 4 rings (SSSR count). The Hall–Kier alpha value is -1.96. The van der Waals surface area contributed by atoms with Crippen LogP contribution in [0.5, 0.6) is 0 Å². The van der Waals surface area contributed by atoms with Crippen molar-refractivity contribution in [3.63, 3.8) is 0 Å². The number of fused-ring (bicyclic) bond motifs is 1. The van der Waals surface area contributed by atoms with Gasteiger partial charge in [-0.05, 0) is 31.4 Å². The van der Waals surface area contributed by atoms with Crippen molar-refractivity contribution in [2.24, 2.45) is 0 Å². The van der Waals surface area contributed by atoms with Crippen LogP contribution in [0.1, 0.15) is 19.3 Å². The Morgan fingerprint density at radius 2 is 2.27 bits per heavy atom. The van der Waals surface area contributed by atoms with Crippen LogP contribution in [-0.4, -0.2) is 68.3 Å². The number of carbonyl (C=O) groups is 2. The van der Waals surface area contributed by atoms with E-state index in [9.17, 15) is 9.59 Å². The van der Waals surface area contributed by atoms with Gasteiger partial charge < -0.3 is 14.8 Å². The summed E-state index contributed by atoms with van der Waals surface area (Å²) in [5.74, 6) is -0.220. The summed E-state index contributed by atoms with van der Waals surface area (Å²) in [4.78, 5) is 28.6. The van der Waals surface area contributed by atoms with E-state index in [1.54, 1.807) is 12.0 Å². The van der Waals surface area contributed by atoms with E-state index in [2.05, 4.69) is 10.2 Å². The van der Waals surface area contributed by atoms with Gasteiger partial charge in [-0.3, -0.25) is 19.4 Å². The number of para-hydroxylation sites is 2. The molecule has 7 nitrogen and oxygen atoms in total. The number of hydrogen-bond acceptors (Lipinski definition) is 5. The molecule has 7 heteroatoms. The van der Waals surface area contributed by atoms with Crippen LogP contribution in [0.2, 0.25) is 0 Å². The van der Waals surface area contributed by atoms with Gasteiger partial charge in [0, 0.05) is 26.8 Å². The first-order valence-electron chi connectivity index (χ1n) is 9.20. The summed E-state index contributed by atoms with van der Waals surface area (Å²) in [5.41, 5.74) is 1.14. The zero-order valence-corrected chi connectivity index (χ0v) is 15.1. The number of amides is 2. The highest BCUT2D eigenvalue weighted by Gasteiger charge is 2.47. The number of likely N-dealkylation sites (tertiary alicyclic amines) is 1. The number of anilines is 2. The third-order valence-electron chi connectivity index (χ3n) is 5.63. The molecule has 0 unspecified atom stereocenters. The zero-order valence-electron chi connectivity index (χ0n) is 15.1. The third-order valence-corrected chi connectivity index (χ3v) is 5.63. The molecule has 2 atom stereocenters. The lowest BCUT2D eigenvalue weighted by Gasteiger charge is -2.45.